The minimum Gasteiger partial charge on any atom is -0.465 e. The molecule has 0 aromatic heterocycles. The number of hydrogen-bond donors (Lipinski definition) is 2. The molecule has 2 aliphatic carbocycles. The van der Waals surface area contributed by atoms with E-state index in [1.54, 1.807) is 0 Å². The Labute approximate surface area is 134 Å². The zero-order chi connectivity index (χ0) is 16.9. The fourth-order valence-electron chi connectivity index (χ4n) is 4.40. The predicted octanol–water partition coefficient (Wildman–Crippen LogP) is 0.581. The van der Waals surface area contributed by atoms with Crippen LogP contribution in [0.4, 0.5) is 0 Å². The van der Waals surface area contributed by atoms with E-state index in [0.29, 0.717) is 18.4 Å². The number of carbonyl (C=O) groups is 2. The van der Waals surface area contributed by atoms with Crippen molar-refractivity contribution in [2.45, 2.75) is 38.1 Å². The Morgan fingerprint density at radius 1 is 1.35 bits per heavy atom. The maximum Gasteiger partial charge on any atom is 0.334 e. The topological polar surface area (TPSA) is 93.1 Å². The smallest absolute Gasteiger partial charge is 0.334 e. The Morgan fingerprint density at radius 2 is 2.04 bits per heavy atom. The third-order valence-electron chi connectivity index (χ3n) is 5.52. The Bertz CT molecular complexity index is 567. The second-order valence-corrected chi connectivity index (χ2v) is 6.75. The van der Waals surface area contributed by atoms with Crippen LogP contribution in [0.25, 0.3) is 0 Å². The van der Waals surface area contributed by atoms with Gasteiger partial charge in [-0.15, -0.1) is 0 Å². The van der Waals surface area contributed by atoms with Crippen molar-refractivity contribution >= 4 is 11.9 Å². The summed E-state index contributed by atoms with van der Waals surface area (Å²) in [5.41, 5.74) is 1.27. The molecular weight excluding hydrogens is 300 g/mol. The van der Waals surface area contributed by atoms with Crippen LogP contribution in [0.5, 0.6) is 0 Å². The molecule has 126 valence electrons. The molecule has 2 saturated carbocycles. The van der Waals surface area contributed by atoms with Gasteiger partial charge in [-0.05, 0) is 12.8 Å². The van der Waals surface area contributed by atoms with E-state index >= 15 is 0 Å². The second kappa shape index (κ2) is 5.76. The molecular formula is C17H22O6. The molecule has 6 heteroatoms. The highest BCUT2D eigenvalue weighted by atomic mass is 16.6. The maximum atomic E-state index is 11.9. The monoisotopic (exact) mass is 322 g/mol. The van der Waals surface area contributed by atoms with Gasteiger partial charge < -0.3 is 19.7 Å². The van der Waals surface area contributed by atoms with Gasteiger partial charge in [0.2, 0.25) is 0 Å². The number of carbonyl (C=O) groups excluding carboxylic acids is 2. The standard InChI is InChI=1S/C17H22O6/c1-7-4-5-10-8(2)17(21)23-16(10)13-11(6-22-9(3)18)14(19)15(20)12(7)13/h10-16,19-20H,1-2,4-6H2,3H3. The van der Waals surface area contributed by atoms with E-state index in [9.17, 15) is 19.8 Å². The molecule has 2 N–H and O–H groups in total. The van der Waals surface area contributed by atoms with Gasteiger partial charge in [0.1, 0.15) is 6.10 Å². The van der Waals surface area contributed by atoms with Crippen LogP contribution in [0, 0.1) is 23.7 Å². The fourth-order valence-corrected chi connectivity index (χ4v) is 4.40. The van der Waals surface area contributed by atoms with Crippen molar-refractivity contribution in [3.05, 3.63) is 24.3 Å². The van der Waals surface area contributed by atoms with Gasteiger partial charge >= 0.3 is 11.9 Å². The molecule has 1 aliphatic heterocycles. The number of rotatable bonds is 2. The van der Waals surface area contributed by atoms with E-state index in [1.807, 2.05) is 0 Å². The second-order valence-electron chi connectivity index (χ2n) is 6.75. The van der Waals surface area contributed by atoms with Gasteiger partial charge in [-0.2, -0.15) is 0 Å². The lowest BCUT2D eigenvalue weighted by molar-refractivity contribution is -0.149. The van der Waals surface area contributed by atoms with E-state index in [-0.39, 0.29) is 24.4 Å². The third-order valence-corrected chi connectivity index (χ3v) is 5.52. The van der Waals surface area contributed by atoms with Crippen LogP contribution >= 0.6 is 0 Å². The first-order valence-corrected chi connectivity index (χ1v) is 7.90. The van der Waals surface area contributed by atoms with Crippen molar-refractivity contribution in [1.82, 2.24) is 0 Å². The molecule has 0 bridgehead atoms. The van der Waals surface area contributed by atoms with Crippen LogP contribution in [-0.4, -0.2) is 47.1 Å². The highest BCUT2D eigenvalue weighted by Crippen LogP contribution is 2.52. The molecule has 0 aromatic carbocycles. The van der Waals surface area contributed by atoms with Gasteiger partial charge in [0.25, 0.3) is 0 Å². The quantitative estimate of drug-likeness (QED) is 0.439. The van der Waals surface area contributed by atoms with Crippen LogP contribution in [0.15, 0.2) is 24.3 Å². The zero-order valence-electron chi connectivity index (χ0n) is 13.1. The molecule has 3 fully saturated rings. The minimum absolute atomic E-state index is 0.0186. The van der Waals surface area contributed by atoms with E-state index in [0.717, 1.165) is 5.57 Å². The molecule has 0 radical (unpaired) electrons. The van der Waals surface area contributed by atoms with Crippen molar-refractivity contribution in [2.24, 2.45) is 23.7 Å². The Hall–Kier alpha value is -1.66. The van der Waals surface area contributed by atoms with E-state index in [4.69, 9.17) is 9.47 Å². The maximum absolute atomic E-state index is 11.9. The first kappa shape index (κ1) is 16.2. The van der Waals surface area contributed by atoms with Crippen LogP contribution in [0.1, 0.15) is 19.8 Å². The van der Waals surface area contributed by atoms with Crippen molar-refractivity contribution in [3.8, 4) is 0 Å². The summed E-state index contributed by atoms with van der Waals surface area (Å²) in [5, 5.41) is 20.9. The van der Waals surface area contributed by atoms with Gasteiger partial charge in [0.05, 0.1) is 18.8 Å². The van der Waals surface area contributed by atoms with Crippen LogP contribution in [0.3, 0.4) is 0 Å². The minimum atomic E-state index is -1.05. The summed E-state index contributed by atoms with van der Waals surface area (Å²) in [7, 11) is 0. The molecule has 3 aliphatic rings. The SMILES string of the molecule is C=C1C(=O)OC2C1CCC(=C)C1C(O)C(O)C(COC(C)=O)C21. The Kier molecular flexibility index (Phi) is 4.06. The summed E-state index contributed by atoms with van der Waals surface area (Å²) >= 11 is 0. The molecule has 23 heavy (non-hydrogen) atoms. The first-order chi connectivity index (χ1) is 10.8. The molecule has 7 atom stereocenters. The van der Waals surface area contributed by atoms with Crippen molar-refractivity contribution in [1.29, 1.82) is 0 Å². The lowest BCUT2D eigenvalue weighted by atomic mass is 9.78. The zero-order valence-corrected chi connectivity index (χ0v) is 13.1. The average Bonchev–Trinajstić information content (AvgIpc) is 2.84. The third kappa shape index (κ3) is 2.50. The Balaban J connectivity index is 1.96. The molecule has 0 aromatic rings. The largest absolute Gasteiger partial charge is 0.465 e. The lowest BCUT2D eigenvalue weighted by Crippen LogP contribution is -2.36. The van der Waals surface area contributed by atoms with Crippen molar-refractivity contribution in [2.75, 3.05) is 6.61 Å². The number of hydrogen-bond acceptors (Lipinski definition) is 6. The van der Waals surface area contributed by atoms with Crippen LogP contribution < -0.4 is 0 Å². The van der Waals surface area contributed by atoms with Gasteiger partial charge in [0.15, 0.2) is 0 Å². The fraction of sp³-hybridized carbons (Fsp3) is 0.647. The molecule has 0 amide bonds. The van der Waals surface area contributed by atoms with Gasteiger partial charge in [-0.25, -0.2) is 4.79 Å². The first-order valence-electron chi connectivity index (χ1n) is 7.90. The molecule has 7 unspecified atom stereocenters. The van der Waals surface area contributed by atoms with E-state index in [1.165, 1.54) is 6.92 Å². The summed E-state index contributed by atoms with van der Waals surface area (Å²) in [6, 6.07) is 0. The van der Waals surface area contributed by atoms with Gasteiger partial charge in [-0.1, -0.05) is 18.7 Å². The number of aliphatic hydroxyl groups is 2. The number of aliphatic hydroxyl groups excluding tert-OH is 2. The molecule has 0 spiro atoms. The van der Waals surface area contributed by atoms with Crippen molar-refractivity contribution in [3.63, 3.8) is 0 Å². The van der Waals surface area contributed by atoms with E-state index in [2.05, 4.69) is 13.2 Å². The summed E-state index contributed by atoms with van der Waals surface area (Å²) in [6.45, 7) is 9.15. The van der Waals surface area contributed by atoms with Gasteiger partial charge in [-0.3, -0.25) is 4.79 Å². The van der Waals surface area contributed by atoms with Gasteiger partial charge in [0, 0.05) is 36.2 Å². The molecule has 3 rings (SSSR count). The van der Waals surface area contributed by atoms with Crippen LogP contribution in [0.2, 0.25) is 0 Å². The highest BCUT2D eigenvalue weighted by molar-refractivity contribution is 5.90. The number of ether oxygens (including phenoxy) is 2. The molecule has 1 heterocycles. The van der Waals surface area contributed by atoms with Crippen molar-refractivity contribution < 1.29 is 29.3 Å². The average molecular weight is 322 g/mol. The van der Waals surface area contributed by atoms with Crippen LogP contribution in [-0.2, 0) is 19.1 Å². The molecule has 6 nitrogen and oxygen atoms in total. The Morgan fingerprint density at radius 3 is 2.70 bits per heavy atom. The summed E-state index contributed by atoms with van der Waals surface area (Å²) < 4.78 is 10.6. The number of esters is 2. The van der Waals surface area contributed by atoms with E-state index < -0.39 is 36.2 Å². The summed E-state index contributed by atoms with van der Waals surface area (Å²) in [4.78, 5) is 23.0. The molecule has 1 saturated heterocycles. The summed E-state index contributed by atoms with van der Waals surface area (Å²) in [6.07, 6.45) is -1.19. The lowest BCUT2D eigenvalue weighted by Gasteiger charge is -2.30. The predicted molar refractivity (Wildman–Crippen MR) is 80.0 cm³/mol. The number of fused-ring (bicyclic) bond motifs is 3. The normalized spacial score (nSPS) is 42.7. The summed E-state index contributed by atoms with van der Waals surface area (Å²) in [5.74, 6) is -2.23. The highest BCUT2D eigenvalue weighted by Gasteiger charge is 2.59.